The molecule has 3 aromatic carbocycles. The van der Waals surface area contributed by atoms with Crippen LogP contribution in [0.4, 0.5) is 9.18 Å². The summed E-state index contributed by atoms with van der Waals surface area (Å²) in [6.07, 6.45) is -1.23. The fraction of sp³-hybridized carbons (Fsp3) is 0.269. The molecular weight excluding hydrogens is 443 g/mol. The molecular formula is C26H26ClFN2O3. The molecule has 3 aromatic rings. The molecule has 172 valence electrons. The number of nitrogens with zero attached hydrogens (tertiary/aromatic N) is 2. The molecule has 4 rings (SSSR count). The lowest BCUT2D eigenvalue weighted by molar-refractivity contribution is 0.0728. The van der Waals surface area contributed by atoms with Crippen molar-refractivity contribution in [2.24, 2.45) is 0 Å². The number of rotatable bonds is 7. The molecule has 33 heavy (non-hydrogen) atoms. The molecule has 1 heterocycles. The Morgan fingerprint density at radius 1 is 0.970 bits per heavy atom. The van der Waals surface area contributed by atoms with Crippen molar-refractivity contribution in [2.45, 2.75) is 31.8 Å². The summed E-state index contributed by atoms with van der Waals surface area (Å²) in [6, 6.07) is 23.0. The normalized spacial score (nSPS) is 18.0. The number of carbonyl (C=O) groups excluding carboxylic acids is 1. The summed E-state index contributed by atoms with van der Waals surface area (Å²) in [7, 11) is 0. The second-order valence-corrected chi connectivity index (χ2v) is 8.68. The van der Waals surface area contributed by atoms with E-state index in [1.807, 2.05) is 54.6 Å². The third-order valence-electron chi connectivity index (χ3n) is 5.74. The first-order valence-electron chi connectivity index (χ1n) is 10.8. The highest BCUT2D eigenvalue weighted by atomic mass is 35.5. The number of aliphatic hydroxyl groups excluding tert-OH is 1. The summed E-state index contributed by atoms with van der Waals surface area (Å²) in [5, 5.41) is 11.5. The molecule has 0 radical (unpaired) electrons. The molecule has 1 aliphatic heterocycles. The number of benzene rings is 3. The number of likely N-dealkylation sites (tertiary alicyclic amines) is 1. The number of hydrogen-bond donors (Lipinski definition) is 1. The fourth-order valence-electron chi connectivity index (χ4n) is 4.12. The monoisotopic (exact) mass is 468 g/mol. The van der Waals surface area contributed by atoms with E-state index >= 15 is 0 Å². The van der Waals surface area contributed by atoms with Crippen LogP contribution in [0.2, 0.25) is 5.02 Å². The first-order valence-corrected chi connectivity index (χ1v) is 11.2. The number of β-amino-alcohol motifs (C(OH)–C–C–N with tert-alkyl or cyclic N) is 1. The molecule has 0 aromatic heterocycles. The van der Waals surface area contributed by atoms with Gasteiger partial charge in [0, 0.05) is 24.7 Å². The Morgan fingerprint density at radius 2 is 1.64 bits per heavy atom. The van der Waals surface area contributed by atoms with Crippen LogP contribution in [0.25, 0.3) is 0 Å². The average molecular weight is 469 g/mol. The lowest BCUT2D eigenvalue weighted by atomic mass is 10.1. The SMILES string of the molecule is O=C(OCc1ccccc1)N1C[C@@H](O)[C@H](N(Cc2cccc(F)c2)Cc2cccc(Cl)c2)C1. The van der Waals surface area contributed by atoms with Gasteiger partial charge in [0.1, 0.15) is 12.4 Å². The number of halogens is 2. The van der Waals surface area contributed by atoms with Crippen molar-refractivity contribution in [3.63, 3.8) is 0 Å². The van der Waals surface area contributed by atoms with E-state index in [0.29, 0.717) is 24.7 Å². The largest absolute Gasteiger partial charge is 0.445 e. The molecule has 0 bridgehead atoms. The van der Waals surface area contributed by atoms with E-state index in [9.17, 15) is 14.3 Å². The Bertz CT molecular complexity index is 1030. The van der Waals surface area contributed by atoms with Crippen LogP contribution in [0.15, 0.2) is 78.9 Å². The lowest BCUT2D eigenvalue weighted by Crippen LogP contribution is -2.42. The van der Waals surface area contributed by atoms with Crippen LogP contribution >= 0.6 is 11.6 Å². The van der Waals surface area contributed by atoms with Gasteiger partial charge in [0.25, 0.3) is 0 Å². The van der Waals surface area contributed by atoms with E-state index in [1.165, 1.54) is 17.0 Å². The fourth-order valence-corrected chi connectivity index (χ4v) is 4.33. The van der Waals surface area contributed by atoms with Gasteiger partial charge in [0.15, 0.2) is 0 Å². The predicted molar refractivity (Wildman–Crippen MR) is 125 cm³/mol. The smallest absolute Gasteiger partial charge is 0.410 e. The van der Waals surface area contributed by atoms with Crippen molar-refractivity contribution < 1.29 is 19.0 Å². The van der Waals surface area contributed by atoms with E-state index in [-0.39, 0.29) is 25.0 Å². The third kappa shape index (κ3) is 6.32. The van der Waals surface area contributed by atoms with Crippen molar-refractivity contribution in [3.8, 4) is 0 Å². The van der Waals surface area contributed by atoms with E-state index in [4.69, 9.17) is 16.3 Å². The van der Waals surface area contributed by atoms with Crippen LogP contribution in [0.3, 0.4) is 0 Å². The van der Waals surface area contributed by atoms with Crippen molar-refractivity contribution in [3.05, 3.63) is 106 Å². The Morgan fingerprint density at radius 3 is 2.33 bits per heavy atom. The van der Waals surface area contributed by atoms with Crippen LogP contribution in [0.5, 0.6) is 0 Å². The molecule has 0 unspecified atom stereocenters. The maximum Gasteiger partial charge on any atom is 0.410 e. The zero-order chi connectivity index (χ0) is 23.2. The van der Waals surface area contributed by atoms with Gasteiger partial charge in [0.2, 0.25) is 0 Å². The molecule has 1 fully saturated rings. The zero-order valence-electron chi connectivity index (χ0n) is 18.1. The molecule has 1 saturated heterocycles. The van der Waals surface area contributed by atoms with Crippen LogP contribution in [0, 0.1) is 5.82 Å². The van der Waals surface area contributed by atoms with Gasteiger partial charge >= 0.3 is 6.09 Å². The Kier molecular flexibility index (Phi) is 7.60. The Balaban J connectivity index is 1.47. The van der Waals surface area contributed by atoms with Crippen LogP contribution in [0.1, 0.15) is 16.7 Å². The Hall–Kier alpha value is -2.93. The maximum atomic E-state index is 13.8. The van der Waals surface area contributed by atoms with Gasteiger partial charge < -0.3 is 14.7 Å². The third-order valence-corrected chi connectivity index (χ3v) is 5.98. The second kappa shape index (κ2) is 10.8. The molecule has 0 spiro atoms. The van der Waals surface area contributed by atoms with Gasteiger partial charge in [-0.05, 0) is 41.0 Å². The minimum Gasteiger partial charge on any atom is -0.445 e. The van der Waals surface area contributed by atoms with Crippen molar-refractivity contribution >= 4 is 17.7 Å². The maximum absolute atomic E-state index is 13.8. The molecule has 1 N–H and O–H groups in total. The Labute approximate surface area is 198 Å². The second-order valence-electron chi connectivity index (χ2n) is 8.24. The van der Waals surface area contributed by atoms with Gasteiger partial charge in [-0.25, -0.2) is 9.18 Å². The minimum absolute atomic E-state index is 0.173. The number of carbonyl (C=O) groups is 1. The van der Waals surface area contributed by atoms with Gasteiger partial charge in [0.05, 0.1) is 18.7 Å². The number of ether oxygens (including phenoxy) is 1. The quantitative estimate of drug-likeness (QED) is 0.538. The summed E-state index contributed by atoms with van der Waals surface area (Å²) in [5.41, 5.74) is 2.65. The van der Waals surface area contributed by atoms with Crippen LogP contribution < -0.4 is 0 Å². The highest BCUT2D eigenvalue weighted by Crippen LogP contribution is 2.23. The summed E-state index contributed by atoms with van der Waals surface area (Å²) in [6.45, 7) is 1.56. The molecule has 1 aliphatic rings. The van der Waals surface area contributed by atoms with Gasteiger partial charge in [-0.15, -0.1) is 0 Å². The summed E-state index contributed by atoms with van der Waals surface area (Å²) >= 11 is 6.16. The van der Waals surface area contributed by atoms with E-state index in [1.54, 1.807) is 12.1 Å². The summed E-state index contributed by atoms with van der Waals surface area (Å²) in [5.74, 6) is -0.312. The molecule has 5 nitrogen and oxygen atoms in total. The standard InChI is InChI=1S/C26H26ClFN2O3/c27-22-10-4-8-20(12-22)14-29(15-21-9-5-11-23(28)13-21)24-16-30(17-25(24)31)26(32)33-18-19-6-2-1-3-7-19/h1-13,24-25,31H,14-18H2/t24-,25-/m1/s1. The molecule has 0 saturated carbocycles. The van der Waals surface area contributed by atoms with Gasteiger partial charge in [-0.1, -0.05) is 66.2 Å². The van der Waals surface area contributed by atoms with Crippen molar-refractivity contribution in [1.29, 1.82) is 0 Å². The first kappa shape index (κ1) is 23.2. The first-order chi connectivity index (χ1) is 16.0. The van der Waals surface area contributed by atoms with Crippen LogP contribution in [-0.2, 0) is 24.4 Å². The van der Waals surface area contributed by atoms with Gasteiger partial charge in [-0.3, -0.25) is 4.90 Å². The van der Waals surface area contributed by atoms with E-state index in [2.05, 4.69) is 4.90 Å². The van der Waals surface area contributed by atoms with Crippen molar-refractivity contribution in [2.75, 3.05) is 13.1 Å². The number of amides is 1. The highest BCUT2D eigenvalue weighted by Gasteiger charge is 2.38. The zero-order valence-corrected chi connectivity index (χ0v) is 18.9. The molecule has 2 atom stereocenters. The van der Waals surface area contributed by atoms with Crippen LogP contribution in [-0.4, -0.2) is 46.2 Å². The topological polar surface area (TPSA) is 53.0 Å². The minimum atomic E-state index is -0.762. The van der Waals surface area contributed by atoms with Gasteiger partial charge in [-0.2, -0.15) is 0 Å². The molecule has 0 aliphatic carbocycles. The van der Waals surface area contributed by atoms with E-state index < -0.39 is 12.2 Å². The summed E-state index contributed by atoms with van der Waals surface area (Å²) in [4.78, 5) is 16.2. The van der Waals surface area contributed by atoms with E-state index in [0.717, 1.165) is 16.7 Å². The average Bonchev–Trinajstić information content (AvgIpc) is 3.19. The number of hydrogen-bond acceptors (Lipinski definition) is 4. The molecule has 1 amide bonds. The number of aliphatic hydroxyl groups is 1. The van der Waals surface area contributed by atoms with Crippen molar-refractivity contribution in [1.82, 2.24) is 9.80 Å². The highest BCUT2D eigenvalue weighted by molar-refractivity contribution is 6.30. The lowest BCUT2D eigenvalue weighted by Gasteiger charge is -2.30. The molecule has 7 heteroatoms. The predicted octanol–water partition coefficient (Wildman–Crippen LogP) is 4.86. The summed E-state index contributed by atoms with van der Waals surface area (Å²) < 4.78 is 19.2.